The van der Waals surface area contributed by atoms with Crippen LogP contribution in [0.4, 0.5) is 0 Å². The van der Waals surface area contributed by atoms with Crippen molar-refractivity contribution in [1.82, 2.24) is 0 Å². The van der Waals surface area contributed by atoms with E-state index in [1.807, 2.05) is 21.1 Å². The first kappa shape index (κ1) is 58.0. The average molecular weight is 867 g/mol. The summed E-state index contributed by atoms with van der Waals surface area (Å²) in [5.41, 5.74) is 0. The van der Waals surface area contributed by atoms with Crippen LogP contribution in [-0.2, 0) is 32.7 Å². The fraction of sp³-hybridized carbons (Fsp3) is 0.800. The Kier molecular flexibility index (Phi) is 40.8. The number of hydrogen-bond donors (Lipinski definition) is 1. The summed E-state index contributed by atoms with van der Waals surface area (Å²) in [5.74, 6) is -0.858. The number of rotatable bonds is 44. The van der Waals surface area contributed by atoms with Crippen LogP contribution in [0.25, 0.3) is 0 Å². The van der Waals surface area contributed by atoms with Gasteiger partial charge >= 0.3 is 19.8 Å². The van der Waals surface area contributed by atoms with Gasteiger partial charge in [0.05, 0.1) is 27.7 Å². The number of nitrogens with zero attached hydrogens (tertiary/aromatic N) is 1. The van der Waals surface area contributed by atoms with Crippen LogP contribution < -0.4 is 0 Å². The highest BCUT2D eigenvalue weighted by Gasteiger charge is 2.27. The van der Waals surface area contributed by atoms with Crippen molar-refractivity contribution in [2.75, 3.05) is 47.5 Å². The van der Waals surface area contributed by atoms with Crippen LogP contribution in [0.15, 0.2) is 48.6 Å². The Labute approximate surface area is 369 Å². The first-order chi connectivity index (χ1) is 29.0. The largest absolute Gasteiger partial charge is 0.472 e. The summed E-state index contributed by atoms with van der Waals surface area (Å²) in [7, 11) is 1.45. The van der Waals surface area contributed by atoms with Crippen LogP contribution in [0.5, 0.6) is 0 Å². The molecule has 0 aromatic heterocycles. The molecular weight excluding hydrogens is 774 g/mol. The molecule has 60 heavy (non-hydrogen) atoms. The number of phosphoric ester groups is 1. The van der Waals surface area contributed by atoms with Gasteiger partial charge in [-0.1, -0.05) is 191 Å². The second kappa shape index (κ2) is 42.3. The maximum atomic E-state index is 12.7. The van der Waals surface area contributed by atoms with E-state index < -0.39 is 32.5 Å². The summed E-state index contributed by atoms with van der Waals surface area (Å²) in [4.78, 5) is 35.4. The fourth-order valence-corrected chi connectivity index (χ4v) is 7.28. The number of ether oxygens (including phenoxy) is 2. The number of quaternary nitrogens is 1. The SMILES string of the molecule is CCCCC/C=C\C/C=C\C/C=C\C/C=C\CCCC(=O)OC[C@H](COP(=O)(O)OCC[N+](C)(C)C)OC(=O)CCCCCCCCCCCCCCCCCCCCC. The number of carbonyl (C=O) groups is 2. The predicted molar refractivity (Wildman–Crippen MR) is 252 cm³/mol. The second-order valence-electron chi connectivity index (χ2n) is 17.5. The topological polar surface area (TPSA) is 108 Å². The van der Waals surface area contributed by atoms with Crippen molar-refractivity contribution in [3.05, 3.63) is 48.6 Å². The first-order valence-corrected chi connectivity index (χ1v) is 25.9. The van der Waals surface area contributed by atoms with Crippen LogP contribution in [-0.4, -0.2) is 74.9 Å². The molecule has 1 unspecified atom stereocenters. The van der Waals surface area contributed by atoms with Gasteiger partial charge in [0.15, 0.2) is 6.10 Å². The molecule has 9 nitrogen and oxygen atoms in total. The lowest BCUT2D eigenvalue weighted by molar-refractivity contribution is -0.870. The van der Waals surface area contributed by atoms with E-state index in [2.05, 4.69) is 62.5 Å². The molecule has 0 aromatic carbocycles. The lowest BCUT2D eigenvalue weighted by Gasteiger charge is -2.24. The molecule has 1 N–H and O–H groups in total. The van der Waals surface area contributed by atoms with Crippen molar-refractivity contribution < 1.29 is 42.1 Å². The molecule has 0 aliphatic heterocycles. The van der Waals surface area contributed by atoms with Crippen LogP contribution in [0, 0.1) is 0 Å². The number of esters is 2. The Balaban J connectivity index is 4.36. The number of hydrogen-bond acceptors (Lipinski definition) is 7. The number of phosphoric acid groups is 1. The molecule has 0 bridgehead atoms. The van der Waals surface area contributed by atoms with Crippen LogP contribution in [0.2, 0.25) is 0 Å². The number of unbranched alkanes of at least 4 members (excludes halogenated alkanes) is 22. The lowest BCUT2D eigenvalue weighted by atomic mass is 10.0. The van der Waals surface area contributed by atoms with Crippen molar-refractivity contribution >= 4 is 19.8 Å². The maximum absolute atomic E-state index is 12.7. The Morgan fingerprint density at radius 3 is 1.38 bits per heavy atom. The van der Waals surface area contributed by atoms with Crippen molar-refractivity contribution in [3.63, 3.8) is 0 Å². The summed E-state index contributed by atoms with van der Waals surface area (Å²) >= 11 is 0. The molecule has 0 radical (unpaired) electrons. The van der Waals surface area contributed by atoms with Gasteiger partial charge in [0, 0.05) is 12.8 Å². The quantitative estimate of drug-likeness (QED) is 0.0212. The molecule has 0 aromatic rings. The van der Waals surface area contributed by atoms with E-state index >= 15 is 0 Å². The van der Waals surface area contributed by atoms with Gasteiger partial charge < -0.3 is 18.9 Å². The zero-order valence-electron chi connectivity index (χ0n) is 39.4. The Morgan fingerprint density at radius 2 is 0.917 bits per heavy atom. The van der Waals surface area contributed by atoms with Gasteiger partial charge in [0.25, 0.3) is 0 Å². The molecule has 0 heterocycles. The van der Waals surface area contributed by atoms with Crippen molar-refractivity contribution in [2.24, 2.45) is 0 Å². The summed E-state index contributed by atoms with van der Waals surface area (Å²) in [6.45, 7) is 4.35. The lowest BCUT2D eigenvalue weighted by Crippen LogP contribution is -2.37. The van der Waals surface area contributed by atoms with Gasteiger partial charge in [-0.3, -0.25) is 18.6 Å². The molecule has 0 aliphatic rings. The van der Waals surface area contributed by atoms with E-state index in [0.29, 0.717) is 23.9 Å². The first-order valence-electron chi connectivity index (χ1n) is 24.4. The molecule has 0 saturated carbocycles. The van der Waals surface area contributed by atoms with Gasteiger partial charge in [-0.25, -0.2) is 4.57 Å². The summed E-state index contributed by atoms with van der Waals surface area (Å²) < 4.78 is 34.3. The minimum absolute atomic E-state index is 0.0234. The van der Waals surface area contributed by atoms with Gasteiger partial charge in [0.1, 0.15) is 19.8 Å². The molecular formula is C50H93NO8P+. The second-order valence-corrected chi connectivity index (χ2v) is 19.0. The van der Waals surface area contributed by atoms with E-state index in [0.717, 1.165) is 38.5 Å². The molecule has 0 amide bonds. The van der Waals surface area contributed by atoms with E-state index in [1.54, 1.807) is 0 Å². The fourth-order valence-electron chi connectivity index (χ4n) is 6.54. The van der Waals surface area contributed by atoms with Crippen LogP contribution in [0.1, 0.15) is 206 Å². The highest BCUT2D eigenvalue weighted by Crippen LogP contribution is 2.43. The molecule has 0 saturated heterocycles. The number of likely N-dealkylation sites (N-methyl/N-ethyl adjacent to an activating group) is 1. The average Bonchev–Trinajstić information content (AvgIpc) is 3.20. The molecule has 2 atom stereocenters. The minimum Gasteiger partial charge on any atom is -0.462 e. The van der Waals surface area contributed by atoms with E-state index in [1.165, 1.54) is 128 Å². The van der Waals surface area contributed by atoms with Crippen LogP contribution in [0.3, 0.4) is 0 Å². The molecule has 350 valence electrons. The van der Waals surface area contributed by atoms with Crippen molar-refractivity contribution in [1.29, 1.82) is 0 Å². The Bertz CT molecular complexity index is 1160. The molecule has 0 fully saturated rings. The predicted octanol–water partition coefficient (Wildman–Crippen LogP) is 14.2. The third-order valence-electron chi connectivity index (χ3n) is 10.4. The monoisotopic (exact) mass is 867 g/mol. The third kappa shape index (κ3) is 45.5. The molecule has 0 rings (SSSR count). The smallest absolute Gasteiger partial charge is 0.462 e. The molecule has 0 aliphatic carbocycles. The van der Waals surface area contributed by atoms with Gasteiger partial charge in [-0.15, -0.1) is 0 Å². The molecule has 0 spiro atoms. The van der Waals surface area contributed by atoms with Crippen molar-refractivity contribution in [2.45, 2.75) is 213 Å². The zero-order chi connectivity index (χ0) is 44.3. The number of allylic oxidation sites excluding steroid dienone is 8. The Morgan fingerprint density at radius 1 is 0.517 bits per heavy atom. The zero-order valence-corrected chi connectivity index (χ0v) is 40.3. The normalized spacial score (nSPS) is 13.9. The van der Waals surface area contributed by atoms with Gasteiger partial charge in [0.2, 0.25) is 0 Å². The maximum Gasteiger partial charge on any atom is 0.472 e. The van der Waals surface area contributed by atoms with Gasteiger partial charge in [-0.2, -0.15) is 0 Å². The Hall–Kier alpha value is -2.03. The highest BCUT2D eigenvalue weighted by molar-refractivity contribution is 7.47. The van der Waals surface area contributed by atoms with Crippen molar-refractivity contribution in [3.8, 4) is 0 Å². The summed E-state index contributed by atoms with van der Waals surface area (Å²) in [5, 5.41) is 0. The minimum atomic E-state index is -4.39. The summed E-state index contributed by atoms with van der Waals surface area (Å²) in [6, 6.07) is 0. The van der Waals surface area contributed by atoms with Gasteiger partial charge in [-0.05, 0) is 51.4 Å². The molecule has 10 heteroatoms. The number of carbonyl (C=O) groups excluding carboxylic acids is 2. The summed E-state index contributed by atoms with van der Waals surface area (Å²) in [6.07, 6.45) is 50.2. The highest BCUT2D eigenvalue weighted by atomic mass is 31.2. The van der Waals surface area contributed by atoms with E-state index in [4.69, 9.17) is 18.5 Å². The standard InChI is InChI=1S/C50H92NO8P/c1-6-8-10-12-14-16-18-20-22-24-25-27-29-31-33-35-37-39-41-43-50(53)59-48(47-58-60(54,55)57-45-44-51(3,4)5)46-56-49(52)42-40-38-36-34-32-30-28-26-23-21-19-17-15-13-11-9-7-2/h15,17,21,23,28,30,34,36,48H,6-14,16,18-20,22,24-27,29,31-33,35,37-47H2,1-5H3/p+1/b17-15-,23-21-,30-28-,36-34-/t48-/m1/s1. The van der Waals surface area contributed by atoms with Crippen LogP contribution >= 0.6 is 7.82 Å². The van der Waals surface area contributed by atoms with E-state index in [9.17, 15) is 19.0 Å². The van der Waals surface area contributed by atoms with E-state index in [-0.39, 0.29) is 26.1 Å². The third-order valence-corrected chi connectivity index (χ3v) is 11.3.